The Kier molecular flexibility index (Phi) is 3.86. The lowest BCUT2D eigenvalue weighted by Crippen LogP contribution is -2.56. The minimum atomic E-state index is -0.983. The number of amides is 2. The third kappa shape index (κ3) is 2.66. The Labute approximate surface area is 141 Å². The maximum atomic E-state index is 13.3. The Hall–Kier alpha value is -2.37. The van der Waals surface area contributed by atoms with E-state index in [4.69, 9.17) is 0 Å². The van der Waals surface area contributed by atoms with Crippen LogP contribution in [0, 0.1) is 5.41 Å². The molecule has 0 bridgehead atoms. The molecule has 2 amide bonds. The molecule has 6 nitrogen and oxygen atoms in total. The third-order valence-corrected chi connectivity index (χ3v) is 4.71. The Bertz CT molecular complexity index is 693. The van der Waals surface area contributed by atoms with Gasteiger partial charge < -0.3 is 10.0 Å². The van der Waals surface area contributed by atoms with Crippen molar-refractivity contribution >= 4 is 17.7 Å². The van der Waals surface area contributed by atoms with Crippen molar-refractivity contribution in [2.24, 2.45) is 10.5 Å². The van der Waals surface area contributed by atoms with Gasteiger partial charge in [0.25, 0.3) is 5.91 Å². The van der Waals surface area contributed by atoms with E-state index in [9.17, 15) is 14.7 Å². The average molecular weight is 329 g/mol. The molecule has 2 aliphatic rings. The fraction of sp³-hybridized carbons (Fsp3) is 0.500. The molecular formula is C18H23N3O3. The van der Waals surface area contributed by atoms with Crippen LogP contribution in [0.25, 0.3) is 0 Å². The number of hydrogen-bond acceptors (Lipinski definition) is 3. The van der Waals surface area contributed by atoms with Crippen molar-refractivity contribution in [2.75, 3.05) is 13.1 Å². The summed E-state index contributed by atoms with van der Waals surface area (Å²) in [6.07, 6.45) is -0.0113. The second-order valence-corrected chi connectivity index (χ2v) is 7.53. The number of hydrazone groups is 1. The zero-order valence-corrected chi connectivity index (χ0v) is 14.3. The van der Waals surface area contributed by atoms with Crippen LogP contribution in [0.2, 0.25) is 0 Å². The summed E-state index contributed by atoms with van der Waals surface area (Å²) in [5, 5.41) is 15.6. The first kappa shape index (κ1) is 16.5. The molecule has 0 spiro atoms. The van der Waals surface area contributed by atoms with E-state index in [0.29, 0.717) is 19.4 Å². The number of fused-ring (bicyclic) bond motifs is 1. The summed E-state index contributed by atoms with van der Waals surface area (Å²) in [5.41, 5.74) is 0.509. The number of carbonyl (C=O) groups is 2. The van der Waals surface area contributed by atoms with Gasteiger partial charge in [0.1, 0.15) is 5.41 Å². The van der Waals surface area contributed by atoms with Gasteiger partial charge in [-0.05, 0) is 32.8 Å². The number of hydrogen-bond donors (Lipinski definition) is 1. The summed E-state index contributed by atoms with van der Waals surface area (Å²) in [6, 6.07) is 9.74. The summed E-state index contributed by atoms with van der Waals surface area (Å²) >= 11 is 0. The molecule has 6 heteroatoms. The van der Waals surface area contributed by atoms with Gasteiger partial charge in [0, 0.05) is 19.5 Å². The molecule has 1 aromatic carbocycles. The smallest absolute Gasteiger partial charge is 0.407 e. The van der Waals surface area contributed by atoms with Gasteiger partial charge >= 0.3 is 6.09 Å². The van der Waals surface area contributed by atoms with Gasteiger partial charge in [0.05, 0.1) is 11.3 Å². The van der Waals surface area contributed by atoms with Crippen molar-refractivity contribution in [3.63, 3.8) is 0 Å². The van der Waals surface area contributed by atoms with E-state index in [1.54, 1.807) is 0 Å². The standard InChI is InChI=1S/C18H23N3O3/c1-17(2,3)21-15(22)18(11-13-7-5-4-6-8-13)12-20(16(23)24)10-9-14(18)19-21/h4-8H,9-12H2,1-3H3,(H,23,24). The Morgan fingerprint density at radius 1 is 1.29 bits per heavy atom. The monoisotopic (exact) mass is 329 g/mol. The first-order chi connectivity index (χ1) is 11.2. The van der Waals surface area contributed by atoms with Crippen LogP contribution in [-0.2, 0) is 11.2 Å². The van der Waals surface area contributed by atoms with Crippen molar-refractivity contribution < 1.29 is 14.7 Å². The summed E-state index contributed by atoms with van der Waals surface area (Å²) in [4.78, 5) is 26.1. The normalized spacial score (nSPS) is 24.0. The van der Waals surface area contributed by atoms with Gasteiger partial charge in [0.15, 0.2) is 0 Å². The summed E-state index contributed by atoms with van der Waals surface area (Å²) in [6.45, 7) is 6.38. The molecule has 1 unspecified atom stereocenters. The summed E-state index contributed by atoms with van der Waals surface area (Å²) < 4.78 is 0. The fourth-order valence-electron chi connectivity index (χ4n) is 3.48. The summed E-state index contributed by atoms with van der Waals surface area (Å²) in [5.74, 6) is -0.0974. The number of carbonyl (C=O) groups excluding carboxylic acids is 1. The molecule has 1 saturated heterocycles. The molecule has 0 aliphatic carbocycles. The van der Waals surface area contributed by atoms with Crippen molar-refractivity contribution in [2.45, 2.75) is 39.2 Å². The van der Waals surface area contributed by atoms with E-state index < -0.39 is 17.0 Å². The maximum absolute atomic E-state index is 13.3. The second kappa shape index (κ2) is 5.61. The van der Waals surface area contributed by atoms with Crippen LogP contribution in [0.4, 0.5) is 4.79 Å². The molecule has 2 heterocycles. The molecule has 1 N–H and O–H groups in total. The first-order valence-electron chi connectivity index (χ1n) is 8.18. The van der Waals surface area contributed by atoms with Gasteiger partial charge in [-0.1, -0.05) is 30.3 Å². The van der Waals surface area contributed by atoms with Crippen LogP contribution in [0.15, 0.2) is 35.4 Å². The van der Waals surface area contributed by atoms with Crippen molar-refractivity contribution in [3.8, 4) is 0 Å². The van der Waals surface area contributed by atoms with Gasteiger partial charge in [-0.25, -0.2) is 9.80 Å². The lowest BCUT2D eigenvalue weighted by atomic mass is 9.73. The highest BCUT2D eigenvalue weighted by Crippen LogP contribution is 2.41. The van der Waals surface area contributed by atoms with Gasteiger partial charge in [-0.2, -0.15) is 5.10 Å². The fourth-order valence-corrected chi connectivity index (χ4v) is 3.48. The van der Waals surface area contributed by atoms with E-state index in [1.165, 1.54) is 9.91 Å². The van der Waals surface area contributed by atoms with Gasteiger partial charge in [-0.15, -0.1) is 0 Å². The van der Waals surface area contributed by atoms with Crippen LogP contribution in [0.1, 0.15) is 32.8 Å². The number of rotatable bonds is 2. The molecule has 0 aromatic heterocycles. The molecule has 1 fully saturated rings. The molecule has 128 valence electrons. The first-order valence-corrected chi connectivity index (χ1v) is 8.18. The number of piperidine rings is 1. The molecule has 1 aromatic rings. The zero-order valence-electron chi connectivity index (χ0n) is 14.3. The van der Waals surface area contributed by atoms with Crippen LogP contribution in [0.5, 0.6) is 0 Å². The lowest BCUT2D eigenvalue weighted by Gasteiger charge is -2.39. The second-order valence-electron chi connectivity index (χ2n) is 7.53. The minimum absolute atomic E-state index is 0.0974. The van der Waals surface area contributed by atoms with Crippen LogP contribution in [-0.4, -0.2) is 51.4 Å². The lowest BCUT2D eigenvalue weighted by molar-refractivity contribution is -0.141. The molecule has 24 heavy (non-hydrogen) atoms. The largest absolute Gasteiger partial charge is 0.465 e. The third-order valence-electron chi connectivity index (χ3n) is 4.71. The SMILES string of the molecule is CC(C)(C)N1N=C2CCN(C(=O)O)CC2(Cc2ccccc2)C1=O. The topological polar surface area (TPSA) is 73.2 Å². The maximum Gasteiger partial charge on any atom is 0.407 e. The number of nitrogens with zero attached hydrogens (tertiary/aromatic N) is 3. The van der Waals surface area contributed by atoms with Crippen molar-refractivity contribution in [1.29, 1.82) is 0 Å². The molecule has 2 aliphatic heterocycles. The van der Waals surface area contributed by atoms with E-state index in [1.807, 2.05) is 51.1 Å². The summed E-state index contributed by atoms with van der Waals surface area (Å²) in [7, 11) is 0. The zero-order chi connectivity index (χ0) is 17.5. The molecule has 1 atom stereocenters. The number of carboxylic acid groups (broad SMARTS) is 1. The van der Waals surface area contributed by atoms with Crippen LogP contribution < -0.4 is 0 Å². The van der Waals surface area contributed by atoms with E-state index >= 15 is 0 Å². The van der Waals surface area contributed by atoms with Crippen molar-refractivity contribution in [1.82, 2.24) is 9.91 Å². The predicted molar refractivity (Wildman–Crippen MR) is 90.8 cm³/mol. The Morgan fingerprint density at radius 3 is 2.54 bits per heavy atom. The van der Waals surface area contributed by atoms with E-state index in [2.05, 4.69) is 5.10 Å². The number of likely N-dealkylation sites (tertiary alicyclic amines) is 1. The molecule has 0 saturated carbocycles. The quantitative estimate of drug-likeness (QED) is 0.906. The highest BCUT2D eigenvalue weighted by atomic mass is 16.4. The Balaban J connectivity index is 2.02. The van der Waals surface area contributed by atoms with E-state index in [0.717, 1.165) is 11.3 Å². The molecular weight excluding hydrogens is 306 g/mol. The van der Waals surface area contributed by atoms with Crippen molar-refractivity contribution in [3.05, 3.63) is 35.9 Å². The van der Waals surface area contributed by atoms with Crippen LogP contribution in [0.3, 0.4) is 0 Å². The van der Waals surface area contributed by atoms with Crippen LogP contribution >= 0.6 is 0 Å². The molecule has 3 rings (SSSR count). The Morgan fingerprint density at radius 2 is 1.96 bits per heavy atom. The average Bonchev–Trinajstić information content (AvgIpc) is 2.81. The van der Waals surface area contributed by atoms with E-state index in [-0.39, 0.29) is 12.5 Å². The number of benzene rings is 1. The van der Waals surface area contributed by atoms with Gasteiger partial charge in [-0.3, -0.25) is 4.79 Å². The molecule has 0 radical (unpaired) electrons. The van der Waals surface area contributed by atoms with Gasteiger partial charge in [0.2, 0.25) is 0 Å². The minimum Gasteiger partial charge on any atom is -0.465 e. The highest BCUT2D eigenvalue weighted by Gasteiger charge is 2.56. The predicted octanol–water partition coefficient (Wildman–Crippen LogP) is 2.60. The highest BCUT2D eigenvalue weighted by molar-refractivity contribution is 6.13.